The van der Waals surface area contributed by atoms with Gasteiger partial charge in [-0.2, -0.15) is 0 Å². The van der Waals surface area contributed by atoms with Gasteiger partial charge in [0.1, 0.15) is 5.60 Å². The molecule has 0 N–H and O–H groups in total. The number of carbonyl (C=O) groups excluding carboxylic acids is 2. The van der Waals surface area contributed by atoms with Crippen molar-refractivity contribution in [2.45, 2.75) is 111 Å². The second-order valence-electron chi connectivity index (χ2n) is 12.5. The molecule has 0 saturated heterocycles. The van der Waals surface area contributed by atoms with Gasteiger partial charge in [-0.05, 0) is 33.8 Å². The maximum Gasteiger partial charge on any atom is 0.303 e. The van der Waals surface area contributed by atoms with Crippen LogP contribution in [0.5, 0.6) is 0 Å². The number of hydrogen-bond donors (Lipinski definition) is 0. The van der Waals surface area contributed by atoms with Crippen LogP contribution in [0, 0.1) is 17.3 Å². The van der Waals surface area contributed by atoms with Crippen molar-refractivity contribution >= 4 is 20.1 Å². The topological polar surface area (TPSA) is 61.8 Å². The fourth-order valence-corrected chi connectivity index (χ4v) is 13.0. The van der Waals surface area contributed by atoms with E-state index in [0.29, 0.717) is 36.3 Å². The maximum atomic E-state index is 13.4. The largest absolute Gasteiger partial charge is 0.454 e. The molecule has 2 aliphatic rings. The molecule has 0 heterocycles. The van der Waals surface area contributed by atoms with E-state index in [9.17, 15) is 9.59 Å². The van der Waals surface area contributed by atoms with Gasteiger partial charge in [0.25, 0.3) is 0 Å². The number of allylic oxidation sites excluding steroid dienone is 1. The normalized spacial score (nSPS) is 30.1. The molecule has 0 radical (unpaired) electrons. The van der Waals surface area contributed by atoms with E-state index in [1.807, 2.05) is 37.3 Å². The minimum absolute atomic E-state index is 0.0348. The molecule has 3 rings (SSSR count). The molecule has 0 spiro atoms. The van der Waals surface area contributed by atoms with Gasteiger partial charge >= 0.3 is 5.97 Å². The van der Waals surface area contributed by atoms with Crippen molar-refractivity contribution in [3.8, 4) is 0 Å². The molecule has 0 aliphatic heterocycles. The Morgan fingerprint density at radius 3 is 2.11 bits per heavy atom. The number of ketones is 1. The van der Waals surface area contributed by atoms with Crippen LogP contribution in [0.3, 0.4) is 0 Å². The Hall–Kier alpha value is -1.76. The maximum absolute atomic E-state index is 13.4. The average molecular weight is 529 g/mol. The van der Waals surface area contributed by atoms with Crippen LogP contribution in [0.4, 0.5) is 0 Å². The minimum atomic E-state index is -2.21. The van der Waals surface area contributed by atoms with Crippen molar-refractivity contribution in [2.24, 2.45) is 17.3 Å². The lowest BCUT2D eigenvalue weighted by atomic mass is 9.58. The van der Waals surface area contributed by atoms with Gasteiger partial charge in [-0.1, -0.05) is 92.6 Å². The molecule has 0 bridgehead atoms. The highest BCUT2D eigenvalue weighted by atomic mass is 28.4. The molecule has 1 fully saturated rings. The van der Waals surface area contributed by atoms with Gasteiger partial charge in [0, 0.05) is 30.6 Å². The number of fused-ring (bicyclic) bond motifs is 1. The number of esters is 1. The van der Waals surface area contributed by atoms with Crippen LogP contribution in [0.1, 0.15) is 81.2 Å². The zero-order valence-electron chi connectivity index (χ0n) is 24.6. The van der Waals surface area contributed by atoms with Crippen molar-refractivity contribution in [3.05, 3.63) is 47.5 Å². The van der Waals surface area contributed by atoms with Crippen LogP contribution in [-0.2, 0) is 30.1 Å². The lowest BCUT2D eigenvalue weighted by Gasteiger charge is -2.51. The summed E-state index contributed by atoms with van der Waals surface area (Å²) in [6.07, 6.45) is 2.17. The average Bonchev–Trinajstić information content (AvgIpc) is 3.07. The van der Waals surface area contributed by atoms with Crippen molar-refractivity contribution in [1.82, 2.24) is 0 Å². The summed E-state index contributed by atoms with van der Waals surface area (Å²) >= 11 is 0. The molecule has 0 amide bonds. The van der Waals surface area contributed by atoms with Crippen molar-refractivity contribution in [2.75, 3.05) is 6.61 Å². The number of rotatable bonds is 10. The molecular weight excluding hydrogens is 480 g/mol. The van der Waals surface area contributed by atoms with E-state index in [-0.39, 0.29) is 29.7 Å². The van der Waals surface area contributed by atoms with Crippen LogP contribution in [0.25, 0.3) is 0 Å². The fraction of sp³-hybridized carbons (Fsp3) is 0.677. The summed E-state index contributed by atoms with van der Waals surface area (Å²) in [5.74, 6) is -0.669. The van der Waals surface area contributed by atoms with Gasteiger partial charge in [0.2, 0.25) is 8.32 Å². The standard InChI is InChI=1S/C31H48O5Si/c1-20(2)37(21(3)4,22(5)6)36-29-17-31(35-25(9)32)27(23(29)7)16-28(33)24(8)30(31,10)19-34-18-26-14-12-11-13-15-26/h11-16,20-24,29H,17-19H2,1-10H3/t23-,24+,29+,30?,31-/m0/s1. The second kappa shape index (κ2) is 11.2. The Morgan fingerprint density at radius 1 is 1.03 bits per heavy atom. The summed E-state index contributed by atoms with van der Waals surface area (Å²) in [7, 11) is -2.21. The van der Waals surface area contributed by atoms with Gasteiger partial charge in [-0.15, -0.1) is 0 Å². The summed E-state index contributed by atoms with van der Waals surface area (Å²) in [6, 6.07) is 10.0. The third-order valence-electron chi connectivity index (χ3n) is 9.50. The molecule has 1 aromatic rings. The van der Waals surface area contributed by atoms with E-state index in [2.05, 4.69) is 55.4 Å². The van der Waals surface area contributed by atoms with Gasteiger partial charge in [0.15, 0.2) is 5.78 Å². The molecule has 206 valence electrons. The lowest BCUT2D eigenvalue weighted by Crippen LogP contribution is -2.59. The van der Waals surface area contributed by atoms with Gasteiger partial charge in [-0.3, -0.25) is 9.59 Å². The highest BCUT2D eigenvalue weighted by Crippen LogP contribution is 2.60. The number of ether oxygens (including phenoxy) is 2. The third kappa shape index (κ3) is 5.14. The van der Waals surface area contributed by atoms with Crippen molar-refractivity contribution in [1.29, 1.82) is 0 Å². The summed E-state index contributed by atoms with van der Waals surface area (Å²) < 4.78 is 19.9. The number of benzene rings is 1. The molecule has 1 aromatic carbocycles. The molecule has 5 nitrogen and oxygen atoms in total. The van der Waals surface area contributed by atoms with E-state index >= 15 is 0 Å². The molecule has 37 heavy (non-hydrogen) atoms. The molecule has 1 saturated carbocycles. The van der Waals surface area contributed by atoms with Crippen LogP contribution in [0.2, 0.25) is 16.6 Å². The third-order valence-corrected chi connectivity index (χ3v) is 15.6. The zero-order chi connectivity index (χ0) is 27.8. The fourth-order valence-electron chi connectivity index (χ4n) is 7.37. The molecule has 0 aromatic heterocycles. The first-order valence-electron chi connectivity index (χ1n) is 14.0. The van der Waals surface area contributed by atoms with E-state index in [1.165, 1.54) is 6.92 Å². The van der Waals surface area contributed by atoms with Gasteiger partial charge < -0.3 is 13.9 Å². The molecule has 5 atom stereocenters. The lowest BCUT2D eigenvalue weighted by molar-refractivity contribution is -0.184. The summed E-state index contributed by atoms with van der Waals surface area (Å²) in [5.41, 5.74) is 1.59. The Bertz CT molecular complexity index is 978. The Kier molecular flexibility index (Phi) is 8.98. The molecule has 6 heteroatoms. The molecule has 2 aliphatic carbocycles. The first-order valence-corrected chi connectivity index (χ1v) is 16.1. The highest BCUT2D eigenvalue weighted by molar-refractivity contribution is 6.77. The SMILES string of the molecule is CC(=O)O[C@@]12C[C@@H](O[Si](C(C)C)(C(C)C)C(C)C)[C@@H](C)C1=CC(=O)[C@@H](C)C2(C)COCc1ccccc1. The van der Waals surface area contributed by atoms with Crippen LogP contribution in [-0.4, -0.2) is 38.4 Å². The summed E-state index contributed by atoms with van der Waals surface area (Å²) in [6.45, 7) is 22.1. The van der Waals surface area contributed by atoms with Crippen LogP contribution < -0.4 is 0 Å². The summed E-state index contributed by atoms with van der Waals surface area (Å²) in [4.78, 5) is 26.0. The monoisotopic (exact) mass is 528 g/mol. The number of carbonyl (C=O) groups is 2. The van der Waals surface area contributed by atoms with Gasteiger partial charge in [-0.25, -0.2) is 0 Å². The number of hydrogen-bond acceptors (Lipinski definition) is 5. The Morgan fingerprint density at radius 2 is 1.59 bits per heavy atom. The van der Waals surface area contributed by atoms with Gasteiger partial charge in [0.05, 0.1) is 19.3 Å². The molecule has 1 unspecified atom stereocenters. The molecular formula is C31H48O5Si. The van der Waals surface area contributed by atoms with Crippen molar-refractivity contribution < 1.29 is 23.5 Å². The van der Waals surface area contributed by atoms with E-state index in [1.54, 1.807) is 6.08 Å². The van der Waals surface area contributed by atoms with Crippen molar-refractivity contribution in [3.63, 3.8) is 0 Å². The van der Waals surface area contributed by atoms with Crippen LogP contribution >= 0.6 is 0 Å². The first-order chi connectivity index (χ1) is 17.2. The smallest absolute Gasteiger partial charge is 0.303 e. The second-order valence-corrected chi connectivity index (χ2v) is 17.9. The zero-order valence-corrected chi connectivity index (χ0v) is 25.6. The Labute approximate surface area is 225 Å². The van der Waals surface area contributed by atoms with E-state index < -0.39 is 19.3 Å². The Balaban J connectivity index is 2.04. The predicted octanol–water partition coefficient (Wildman–Crippen LogP) is 7.26. The first kappa shape index (κ1) is 29.8. The van der Waals surface area contributed by atoms with E-state index in [4.69, 9.17) is 13.9 Å². The minimum Gasteiger partial charge on any atom is -0.454 e. The highest BCUT2D eigenvalue weighted by Gasteiger charge is 2.66. The van der Waals surface area contributed by atoms with E-state index in [0.717, 1.165) is 11.1 Å². The summed E-state index contributed by atoms with van der Waals surface area (Å²) in [5, 5.41) is 0. The predicted molar refractivity (Wildman–Crippen MR) is 151 cm³/mol. The van der Waals surface area contributed by atoms with Crippen LogP contribution in [0.15, 0.2) is 42.0 Å². The quantitative estimate of drug-likeness (QED) is 0.236.